The van der Waals surface area contributed by atoms with E-state index in [1.165, 1.54) is 18.4 Å². The number of hydrazine groups is 1. The summed E-state index contributed by atoms with van der Waals surface area (Å²) in [6.45, 7) is 5.09. The lowest BCUT2D eigenvalue weighted by Crippen LogP contribution is -2.46. The molecule has 1 aromatic carbocycles. The molecule has 2 N–H and O–H groups in total. The van der Waals surface area contributed by atoms with Crippen molar-refractivity contribution in [3.63, 3.8) is 0 Å². The second-order valence-electron chi connectivity index (χ2n) is 6.95. The van der Waals surface area contributed by atoms with Gasteiger partial charge in [0.15, 0.2) is 5.82 Å². The van der Waals surface area contributed by atoms with E-state index in [2.05, 4.69) is 62.3 Å². The Kier molecular flexibility index (Phi) is 4.45. The molecule has 2 aromatic rings. The van der Waals surface area contributed by atoms with E-state index in [4.69, 9.17) is 0 Å². The zero-order valence-corrected chi connectivity index (χ0v) is 14.2. The SMILES string of the molecule is Cc1ccc(N2CCCC(C3NNCC3c3ccccc3)C2)nn1. The van der Waals surface area contributed by atoms with E-state index in [-0.39, 0.29) is 0 Å². The minimum atomic E-state index is 0.466. The molecule has 24 heavy (non-hydrogen) atoms. The first-order valence-corrected chi connectivity index (χ1v) is 8.90. The number of hydrogen-bond acceptors (Lipinski definition) is 5. The van der Waals surface area contributed by atoms with Crippen molar-refractivity contribution in [2.75, 3.05) is 24.5 Å². The normalized spacial score (nSPS) is 27.4. The van der Waals surface area contributed by atoms with E-state index >= 15 is 0 Å². The maximum Gasteiger partial charge on any atom is 0.151 e. The molecule has 5 heteroatoms. The summed E-state index contributed by atoms with van der Waals surface area (Å²) >= 11 is 0. The van der Waals surface area contributed by atoms with Gasteiger partial charge in [-0.1, -0.05) is 30.3 Å². The molecule has 2 fully saturated rings. The summed E-state index contributed by atoms with van der Waals surface area (Å²) in [7, 11) is 0. The van der Waals surface area contributed by atoms with Crippen LogP contribution in [0.15, 0.2) is 42.5 Å². The highest BCUT2D eigenvalue weighted by Crippen LogP contribution is 2.32. The molecule has 3 unspecified atom stereocenters. The van der Waals surface area contributed by atoms with Crippen molar-refractivity contribution in [2.24, 2.45) is 5.92 Å². The lowest BCUT2D eigenvalue weighted by molar-refractivity contribution is 0.304. The second kappa shape index (κ2) is 6.87. The van der Waals surface area contributed by atoms with Crippen molar-refractivity contribution < 1.29 is 0 Å². The number of hydrogen-bond donors (Lipinski definition) is 2. The summed E-state index contributed by atoms with van der Waals surface area (Å²) in [5.74, 6) is 2.15. The van der Waals surface area contributed by atoms with E-state index in [0.29, 0.717) is 17.9 Å². The zero-order valence-electron chi connectivity index (χ0n) is 14.2. The summed E-state index contributed by atoms with van der Waals surface area (Å²) in [5, 5.41) is 8.60. The molecule has 3 atom stereocenters. The molecule has 2 aliphatic heterocycles. The molecule has 2 saturated heterocycles. The van der Waals surface area contributed by atoms with Crippen LogP contribution >= 0.6 is 0 Å². The van der Waals surface area contributed by atoms with E-state index in [9.17, 15) is 0 Å². The largest absolute Gasteiger partial charge is 0.355 e. The molecule has 4 rings (SSSR count). The molecule has 3 heterocycles. The van der Waals surface area contributed by atoms with Crippen LogP contribution in [0.4, 0.5) is 5.82 Å². The Balaban J connectivity index is 1.50. The number of benzene rings is 1. The maximum atomic E-state index is 4.38. The van der Waals surface area contributed by atoms with Crippen LogP contribution in [-0.2, 0) is 0 Å². The van der Waals surface area contributed by atoms with Crippen LogP contribution in [0.5, 0.6) is 0 Å². The summed E-state index contributed by atoms with van der Waals surface area (Å²) in [6, 6.07) is 15.5. The summed E-state index contributed by atoms with van der Waals surface area (Å²) in [5.41, 5.74) is 9.32. The summed E-state index contributed by atoms with van der Waals surface area (Å²) in [4.78, 5) is 2.39. The molecule has 0 bridgehead atoms. The third kappa shape index (κ3) is 3.14. The first-order valence-electron chi connectivity index (χ1n) is 8.90. The Bertz CT molecular complexity index is 657. The molecule has 0 saturated carbocycles. The molecular formula is C19H25N5. The molecule has 5 nitrogen and oxygen atoms in total. The lowest BCUT2D eigenvalue weighted by Gasteiger charge is -2.37. The van der Waals surface area contributed by atoms with Crippen molar-refractivity contribution in [1.29, 1.82) is 0 Å². The van der Waals surface area contributed by atoms with Crippen LogP contribution in [0.3, 0.4) is 0 Å². The molecule has 2 aliphatic rings. The predicted molar refractivity (Wildman–Crippen MR) is 95.8 cm³/mol. The van der Waals surface area contributed by atoms with Gasteiger partial charge in [-0.3, -0.25) is 10.9 Å². The lowest BCUT2D eigenvalue weighted by atomic mass is 9.81. The van der Waals surface area contributed by atoms with Gasteiger partial charge in [-0.25, -0.2) is 0 Å². The van der Waals surface area contributed by atoms with Gasteiger partial charge in [-0.15, -0.1) is 5.10 Å². The van der Waals surface area contributed by atoms with Gasteiger partial charge in [0, 0.05) is 31.6 Å². The van der Waals surface area contributed by atoms with Crippen molar-refractivity contribution in [3.05, 3.63) is 53.7 Å². The van der Waals surface area contributed by atoms with Crippen LogP contribution < -0.4 is 15.8 Å². The summed E-state index contributed by atoms with van der Waals surface area (Å²) in [6.07, 6.45) is 2.47. The van der Waals surface area contributed by atoms with Gasteiger partial charge in [-0.05, 0) is 43.4 Å². The number of rotatable bonds is 3. The second-order valence-corrected chi connectivity index (χ2v) is 6.95. The van der Waals surface area contributed by atoms with Gasteiger partial charge in [0.05, 0.1) is 5.69 Å². The fourth-order valence-electron chi connectivity index (χ4n) is 4.06. The highest BCUT2D eigenvalue weighted by molar-refractivity contribution is 5.38. The van der Waals surface area contributed by atoms with E-state index in [1.807, 2.05) is 13.0 Å². The molecule has 126 valence electrons. The van der Waals surface area contributed by atoms with E-state index < -0.39 is 0 Å². The predicted octanol–water partition coefficient (Wildman–Crippen LogP) is 2.26. The van der Waals surface area contributed by atoms with Crippen LogP contribution in [0.2, 0.25) is 0 Å². The minimum Gasteiger partial charge on any atom is -0.355 e. The Morgan fingerprint density at radius 3 is 2.75 bits per heavy atom. The van der Waals surface area contributed by atoms with Crippen molar-refractivity contribution in [1.82, 2.24) is 21.0 Å². The smallest absolute Gasteiger partial charge is 0.151 e. The number of piperidine rings is 1. The summed E-state index contributed by atoms with van der Waals surface area (Å²) < 4.78 is 0. The van der Waals surface area contributed by atoms with Gasteiger partial charge in [0.2, 0.25) is 0 Å². The number of aromatic nitrogens is 2. The molecule has 1 aromatic heterocycles. The Morgan fingerprint density at radius 2 is 1.96 bits per heavy atom. The fourth-order valence-corrected chi connectivity index (χ4v) is 4.06. The average molecular weight is 323 g/mol. The van der Waals surface area contributed by atoms with Crippen molar-refractivity contribution in [2.45, 2.75) is 31.7 Å². The van der Waals surface area contributed by atoms with Gasteiger partial charge in [-0.2, -0.15) is 5.10 Å². The number of nitrogens with one attached hydrogen (secondary N) is 2. The molecule has 0 aliphatic carbocycles. The average Bonchev–Trinajstić information content (AvgIpc) is 3.13. The minimum absolute atomic E-state index is 0.466. The van der Waals surface area contributed by atoms with Crippen LogP contribution in [-0.4, -0.2) is 35.9 Å². The first-order chi connectivity index (χ1) is 11.8. The topological polar surface area (TPSA) is 53.1 Å². The third-order valence-electron chi connectivity index (χ3n) is 5.33. The van der Waals surface area contributed by atoms with Crippen LogP contribution in [0.25, 0.3) is 0 Å². The highest BCUT2D eigenvalue weighted by atomic mass is 15.4. The van der Waals surface area contributed by atoms with Crippen molar-refractivity contribution in [3.8, 4) is 0 Å². The third-order valence-corrected chi connectivity index (χ3v) is 5.33. The van der Waals surface area contributed by atoms with Gasteiger partial charge >= 0.3 is 0 Å². The van der Waals surface area contributed by atoms with E-state index in [1.54, 1.807) is 0 Å². The maximum absolute atomic E-state index is 4.38. The molecule has 0 amide bonds. The molecular weight excluding hydrogens is 298 g/mol. The van der Waals surface area contributed by atoms with Gasteiger partial charge in [0.1, 0.15) is 0 Å². The zero-order chi connectivity index (χ0) is 16.4. The Morgan fingerprint density at radius 1 is 1.08 bits per heavy atom. The standard InChI is InChI=1S/C19H25N5/c1-14-9-10-18(22-21-14)24-11-5-8-16(13-24)19-17(12-20-23-19)15-6-3-2-4-7-15/h2-4,6-7,9-10,16-17,19-20,23H,5,8,11-13H2,1H3. The van der Waals surface area contributed by atoms with Crippen LogP contribution in [0.1, 0.15) is 30.0 Å². The number of anilines is 1. The number of nitrogens with zero attached hydrogens (tertiary/aromatic N) is 3. The van der Waals surface area contributed by atoms with Gasteiger partial charge < -0.3 is 4.90 Å². The molecule has 0 spiro atoms. The Labute approximate surface area is 143 Å². The first kappa shape index (κ1) is 15.5. The molecule has 0 radical (unpaired) electrons. The Hall–Kier alpha value is -1.98. The fraction of sp³-hybridized carbons (Fsp3) is 0.474. The van der Waals surface area contributed by atoms with E-state index in [0.717, 1.165) is 31.1 Å². The highest BCUT2D eigenvalue weighted by Gasteiger charge is 2.36. The van der Waals surface area contributed by atoms with Crippen molar-refractivity contribution >= 4 is 5.82 Å². The van der Waals surface area contributed by atoms with Crippen LogP contribution in [0, 0.1) is 12.8 Å². The monoisotopic (exact) mass is 323 g/mol. The number of aryl methyl sites for hydroxylation is 1. The quantitative estimate of drug-likeness (QED) is 0.907. The van der Waals surface area contributed by atoms with Gasteiger partial charge in [0.25, 0.3) is 0 Å².